The lowest BCUT2D eigenvalue weighted by atomic mass is 10.0. The molecule has 4 rings (SSSR count). The van der Waals surface area contributed by atoms with E-state index in [1.807, 2.05) is 43.3 Å². The number of carboxylic acid groups (broad SMARTS) is 1. The number of amides is 1. The molecule has 0 saturated carbocycles. The van der Waals surface area contributed by atoms with Gasteiger partial charge in [0.25, 0.3) is 0 Å². The minimum atomic E-state index is -0.856. The van der Waals surface area contributed by atoms with Crippen LogP contribution >= 0.6 is 11.6 Å². The molecule has 6 heteroatoms. The largest absolute Gasteiger partial charge is 0.490 e. The van der Waals surface area contributed by atoms with Crippen LogP contribution in [0.15, 0.2) is 48.7 Å². The highest BCUT2D eigenvalue weighted by atomic mass is 35.5. The summed E-state index contributed by atoms with van der Waals surface area (Å²) in [5.41, 5.74) is 3.30. The zero-order chi connectivity index (χ0) is 19.7. The van der Waals surface area contributed by atoms with E-state index in [9.17, 15) is 4.79 Å². The van der Waals surface area contributed by atoms with Crippen molar-refractivity contribution in [2.24, 2.45) is 0 Å². The van der Waals surface area contributed by atoms with E-state index in [1.54, 1.807) is 6.20 Å². The number of carbonyl (C=O) groups is 1. The number of halogens is 1. The van der Waals surface area contributed by atoms with Gasteiger partial charge in [0, 0.05) is 37.5 Å². The van der Waals surface area contributed by atoms with E-state index < -0.39 is 6.09 Å². The Hall–Kier alpha value is -2.79. The lowest BCUT2D eigenvalue weighted by molar-refractivity contribution is 0.0895. The van der Waals surface area contributed by atoms with Gasteiger partial charge < -0.3 is 14.7 Å². The highest BCUT2D eigenvalue weighted by molar-refractivity contribution is 6.34. The summed E-state index contributed by atoms with van der Waals surface area (Å²) in [6.45, 7) is 3.07. The number of aromatic nitrogens is 1. The fourth-order valence-corrected chi connectivity index (χ4v) is 3.82. The normalized spacial score (nSPS) is 15.0. The van der Waals surface area contributed by atoms with Gasteiger partial charge in [-0.15, -0.1) is 0 Å². The van der Waals surface area contributed by atoms with Crippen molar-refractivity contribution in [2.75, 3.05) is 13.1 Å². The summed E-state index contributed by atoms with van der Waals surface area (Å²) >= 11 is 6.20. The molecular formula is C22H21ClN2O3. The summed E-state index contributed by atoms with van der Waals surface area (Å²) in [5, 5.41) is 11.6. The number of likely N-dealkylation sites (tertiary alicyclic amines) is 1. The summed E-state index contributed by atoms with van der Waals surface area (Å²) in [4.78, 5) is 16.6. The molecule has 1 aromatic heterocycles. The molecule has 0 unspecified atom stereocenters. The fourth-order valence-electron chi connectivity index (χ4n) is 3.61. The molecule has 3 aromatic rings. The van der Waals surface area contributed by atoms with E-state index in [1.165, 1.54) is 4.90 Å². The number of pyridine rings is 1. The molecule has 1 N–H and O–H groups in total. The van der Waals surface area contributed by atoms with E-state index in [-0.39, 0.29) is 6.10 Å². The number of hydrogen-bond donors (Lipinski definition) is 1. The molecular weight excluding hydrogens is 376 g/mol. The van der Waals surface area contributed by atoms with Gasteiger partial charge in [0.2, 0.25) is 0 Å². The van der Waals surface area contributed by atoms with Crippen molar-refractivity contribution in [2.45, 2.75) is 25.9 Å². The molecule has 0 aliphatic carbocycles. The third-order valence-corrected chi connectivity index (χ3v) is 5.54. The predicted octanol–water partition coefficient (Wildman–Crippen LogP) is 5.38. The van der Waals surface area contributed by atoms with Crippen LogP contribution in [0.1, 0.15) is 18.4 Å². The lowest BCUT2D eigenvalue weighted by Crippen LogP contribution is -2.41. The Morgan fingerprint density at radius 2 is 1.79 bits per heavy atom. The van der Waals surface area contributed by atoms with Crippen molar-refractivity contribution in [3.8, 4) is 16.9 Å². The first-order valence-electron chi connectivity index (χ1n) is 9.31. The van der Waals surface area contributed by atoms with Gasteiger partial charge in [-0.05, 0) is 47.2 Å². The van der Waals surface area contributed by atoms with Crippen molar-refractivity contribution in [1.82, 2.24) is 9.88 Å². The minimum absolute atomic E-state index is 0.0550. The molecule has 0 spiro atoms. The molecule has 5 nitrogen and oxygen atoms in total. The number of hydrogen-bond acceptors (Lipinski definition) is 3. The van der Waals surface area contributed by atoms with Gasteiger partial charge in [0.1, 0.15) is 17.0 Å². The molecule has 1 aliphatic heterocycles. The minimum Gasteiger partial charge on any atom is -0.490 e. The van der Waals surface area contributed by atoms with Gasteiger partial charge >= 0.3 is 6.09 Å². The lowest BCUT2D eigenvalue weighted by Gasteiger charge is -2.30. The van der Waals surface area contributed by atoms with Crippen molar-refractivity contribution in [3.05, 3.63) is 59.4 Å². The van der Waals surface area contributed by atoms with E-state index in [2.05, 4.69) is 11.1 Å². The van der Waals surface area contributed by atoms with Crippen molar-refractivity contribution in [1.29, 1.82) is 0 Å². The van der Waals surface area contributed by atoms with Crippen LogP contribution < -0.4 is 4.74 Å². The number of rotatable bonds is 3. The van der Waals surface area contributed by atoms with Crippen molar-refractivity contribution < 1.29 is 14.6 Å². The van der Waals surface area contributed by atoms with Gasteiger partial charge in [-0.1, -0.05) is 35.9 Å². The maximum atomic E-state index is 11.0. The van der Waals surface area contributed by atoms with Crippen LogP contribution in [0.25, 0.3) is 21.9 Å². The molecule has 2 heterocycles. The van der Waals surface area contributed by atoms with Gasteiger partial charge in [-0.2, -0.15) is 0 Å². The predicted molar refractivity (Wildman–Crippen MR) is 110 cm³/mol. The quantitative estimate of drug-likeness (QED) is 0.603. The van der Waals surface area contributed by atoms with Crippen LogP contribution in [0.3, 0.4) is 0 Å². The third-order valence-electron chi connectivity index (χ3n) is 5.24. The molecule has 2 aromatic carbocycles. The number of benzene rings is 2. The molecule has 1 amide bonds. The van der Waals surface area contributed by atoms with Crippen LogP contribution in [0.4, 0.5) is 4.79 Å². The average Bonchev–Trinajstić information content (AvgIpc) is 2.71. The van der Waals surface area contributed by atoms with Crippen LogP contribution in [0, 0.1) is 6.92 Å². The number of nitrogens with zero attached hydrogens (tertiary/aromatic N) is 2. The van der Waals surface area contributed by atoms with E-state index >= 15 is 0 Å². The molecule has 28 heavy (non-hydrogen) atoms. The molecule has 1 fully saturated rings. The van der Waals surface area contributed by atoms with Gasteiger partial charge in [0.15, 0.2) is 0 Å². The third kappa shape index (κ3) is 3.76. The molecule has 1 saturated heterocycles. The zero-order valence-electron chi connectivity index (χ0n) is 15.6. The SMILES string of the molecule is Cc1cnc(Cl)c2ccc(-c3ccc(OC4CCN(C(=O)O)CC4)cc3)cc12. The van der Waals surface area contributed by atoms with Crippen LogP contribution in [-0.4, -0.2) is 40.3 Å². The van der Waals surface area contributed by atoms with E-state index in [0.29, 0.717) is 31.1 Å². The molecule has 0 radical (unpaired) electrons. The van der Waals surface area contributed by atoms with E-state index in [0.717, 1.165) is 33.2 Å². The summed E-state index contributed by atoms with van der Waals surface area (Å²) in [7, 11) is 0. The Kier molecular flexibility index (Phi) is 5.09. The highest BCUT2D eigenvalue weighted by Gasteiger charge is 2.23. The van der Waals surface area contributed by atoms with Gasteiger partial charge in [-0.25, -0.2) is 9.78 Å². The standard InChI is InChI=1S/C22H21ClN2O3/c1-14-13-24-21(23)19-7-4-16(12-20(14)19)15-2-5-17(6-3-15)28-18-8-10-25(11-9-18)22(26)27/h2-7,12-13,18H,8-11H2,1H3,(H,26,27). The van der Waals surface area contributed by atoms with Crippen molar-refractivity contribution in [3.63, 3.8) is 0 Å². The Balaban J connectivity index is 1.49. The van der Waals surface area contributed by atoms with Gasteiger partial charge in [-0.3, -0.25) is 0 Å². The smallest absolute Gasteiger partial charge is 0.407 e. The Morgan fingerprint density at radius 3 is 2.46 bits per heavy atom. The summed E-state index contributed by atoms with van der Waals surface area (Å²) in [5.74, 6) is 0.807. The Bertz CT molecular complexity index is 1010. The second kappa shape index (κ2) is 7.68. The monoisotopic (exact) mass is 396 g/mol. The first kappa shape index (κ1) is 18.6. The Labute approximate surface area is 168 Å². The summed E-state index contributed by atoms with van der Waals surface area (Å²) in [6.07, 6.45) is 2.42. The summed E-state index contributed by atoms with van der Waals surface area (Å²) in [6, 6.07) is 14.2. The van der Waals surface area contributed by atoms with Gasteiger partial charge in [0.05, 0.1) is 0 Å². The Morgan fingerprint density at radius 1 is 1.11 bits per heavy atom. The maximum absolute atomic E-state index is 11.0. The molecule has 0 bridgehead atoms. The molecule has 0 atom stereocenters. The average molecular weight is 397 g/mol. The highest BCUT2D eigenvalue weighted by Crippen LogP contribution is 2.30. The molecule has 144 valence electrons. The fraction of sp³-hybridized carbons (Fsp3) is 0.273. The summed E-state index contributed by atoms with van der Waals surface area (Å²) < 4.78 is 6.03. The topological polar surface area (TPSA) is 62.7 Å². The van der Waals surface area contributed by atoms with Crippen LogP contribution in [0.5, 0.6) is 5.75 Å². The maximum Gasteiger partial charge on any atom is 0.407 e. The molecule has 1 aliphatic rings. The number of piperidine rings is 1. The van der Waals surface area contributed by atoms with Crippen LogP contribution in [0.2, 0.25) is 5.15 Å². The number of fused-ring (bicyclic) bond motifs is 1. The first-order valence-corrected chi connectivity index (χ1v) is 9.69. The second-order valence-electron chi connectivity index (χ2n) is 7.10. The number of aryl methyl sites for hydroxylation is 1. The first-order chi connectivity index (χ1) is 13.5. The van der Waals surface area contributed by atoms with Crippen molar-refractivity contribution >= 4 is 28.5 Å². The zero-order valence-corrected chi connectivity index (χ0v) is 16.3. The number of ether oxygens (including phenoxy) is 1. The van der Waals surface area contributed by atoms with E-state index in [4.69, 9.17) is 21.4 Å². The van der Waals surface area contributed by atoms with Crippen LogP contribution in [-0.2, 0) is 0 Å². The second-order valence-corrected chi connectivity index (χ2v) is 7.46.